The average molecular weight is 345 g/mol. The molecule has 0 amide bonds. The van der Waals surface area contributed by atoms with E-state index in [-0.39, 0.29) is 0 Å². The maximum Gasteiger partial charge on any atom is 0.199 e. The Balaban J connectivity index is 1.63. The summed E-state index contributed by atoms with van der Waals surface area (Å²) in [6.07, 6.45) is 7.35. The zero-order valence-corrected chi connectivity index (χ0v) is 14.8. The Morgan fingerprint density at radius 2 is 2.08 bits per heavy atom. The van der Waals surface area contributed by atoms with Crippen LogP contribution in [0.4, 0.5) is 0 Å². The fraction of sp³-hybridized carbons (Fsp3) is 0.588. The molecule has 1 saturated carbocycles. The van der Waals surface area contributed by atoms with Gasteiger partial charge in [-0.05, 0) is 43.6 Å². The van der Waals surface area contributed by atoms with Crippen molar-refractivity contribution in [3.05, 3.63) is 29.3 Å². The van der Waals surface area contributed by atoms with Crippen LogP contribution in [-0.2, 0) is 11.4 Å². The smallest absolute Gasteiger partial charge is 0.199 e. The first-order valence-electron chi connectivity index (χ1n) is 8.70. The molecule has 1 aliphatic heterocycles. The summed E-state index contributed by atoms with van der Waals surface area (Å²) in [5.41, 5.74) is 1.08. The summed E-state index contributed by atoms with van der Waals surface area (Å²) in [5.74, 6) is 0.963. The minimum absolute atomic E-state index is 0.318. The second kappa shape index (κ2) is 6.74. The van der Waals surface area contributed by atoms with Crippen molar-refractivity contribution in [1.82, 2.24) is 24.2 Å². The van der Waals surface area contributed by atoms with Crippen LogP contribution in [0.3, 0.4) is 0 Å². The Morgan fingerprint density at radius 3 is 2.79 bits per heavy atom. The molecule has 1 aliphatic carbocycles. The van der Waals surface area contributed by atoms with E-state index in [1.807, 2.05) is 29.2 Å². The molecule has 0 aromatic carbocycles. The molecule has 1 atom stereocenters. The molecule has 0 radical (unpaired) electrons. The van der Waals surface area contributed by atoms with Gasteiger partial charge in [0.15, 0.2) is 10.6 Å². The van der Waals surface area contributed by atoms with E-state index in [1.54, 1.807) is 0 Å². The number of aromatic nitrogens is 4. The third-order valence-electron chi connectivity index (χ3n) is 4.73. The summed E-state index contributed by atoms with van der Waals surface area (Å²) in [7, 11) is 0. The van der Waals surface area contributed by atoms with Gasteiger partial charge in [0.05, 0.1) is 19.4 Å². The second-order valence-electron chi connectivity index (χ2n) is 6.56. The Morgan fingerprint density at radius 1 is 1.29 bits per heavy atom. The van der Waals surface area contributed by atoms with Crippen LogP contribution >= 0.6 is 12.2 Å². The molecule has 2 aromatic rings. The van der Waals surface area contributed by atoms with Crippen molar-refractivity contribution in [3.63, 3.8) is 0 Å². The van der Waals surface area contributed by atoms with E-state index in [1.165, 1.54) is 12.8 Å². The van der Waals surface area contributed by atoms with E-state index in [2.05, 4.69) is 21.4 Å². The third-order valence-corrected chi connectivity index (χ3v) is 5.14. The highest BCUT2D eigenvalue weighted by atomic mass is 32.1. The topological polar surface area (TPSA) is 48.1 Å². The monoisotopic (exact) mass is 345 g/mol. The Kier molecular flexibility index (Phi) is 4.47. The molecular formula is C17H23N5OS. The van der Waals surface area contributed by atoms with Crippen LogP contribution in [0.2, 0.25) is 0 Å². The van der Waals surface area contributed by atoms with Crippen LogP contribution in [0.5, 0.6) is 0 Å². The lowest BCUT2D eigenvalue weighted by Gasteiger charge is -2.32. The van der Waals surface area contributed by atoms with E-state index in [0.29, 0.717) is 12.1 Å². The van der Waals surface area contributed by atoms with Gasteiger partial charge in [-0.15, -0.1) is 0 Å². The molecule has 2 aromatic heterocycles. The number of rotatable bonds is 5. The van der Waals surface area contributed by atoms with Crippen LogP contribution in [0.25, 0.3) is 11.4 Å². The quantitative estimate of drug-likeness (QED) is 0.780. The van der Waals surface area contributed by atoms with Gasteiger partial charge >= 0.3 is 0 Å². The van der Waals surface area contributed by atoms with E-state index < -0.39 is 0 Å². The fourth-order valence-electron chi connectivity index (χ4n) is 3.22. The van der Waals surface area contributed by atoms with Crippen LogP contribution in [0, 0.1) is 4.77 Å². The number of morpholine rings is 1. The fourth-order valence-corrected chi connectivity index (χ4v) is 3.55. The first-order chi connectivity index (χ1) is 11.8. The minimum atomic E-state index is 0.318. The molecular weight excluding hydrogens is 322 g/mol. The van der Waals surface area contributed by atoms with Crippen molar-refractivity contribution in [2.75, 3.05) is 19.7 Å². The van der Waals surface area contributed by atoms with Crippen molar-refractivity contribution in [2.45, 2.75) is 45.0 Å². The standard InChI is InChI=1S/C17H23N5OS/c1-2-15-11-20(9-10-23-15)12-21-17(24)22(14-3-4-14)16(19-21)13-5-7-18-8-6-13/h5-8,14-15H,2-4,9-12H2,1H3. The summed E-state index contributed by atoms with van der Waals surface area (Å²) in [6.45, 7) is 5.56. The maximum atomic E-state index is 5.76. The summed E-state index contributed by atoms with van der Waals surface area (Å²) in [6, 6.07) is 4.51. The Hall–Kier alpha value is -1.57. The van der Waals surface area contributed by atoms with Crippen LogP contribution < -0.4 is 0 Å². The van der Waals surface area contributed by atoms with E-state index in [4.69, 9.17) is 22.1 Å². The van der Waals surface area contributed by atoms with Crippen molar-refractivity contribution in [2.24, 2.45) is 0 Å². The first-order valence-corrected chi connectivity index (χ1v) is 9.10. The summed E-state index contributed by atoms with van der Waals surface area (Å²) in [5, 5.41) is 4.85. The molecule has 2 fully saturated rings. The van der Waals surface area contributed by atoms with Crippen molar-refractivity contribution < 1.29 is 4.74 Å². The largest absolute Gasteiger partial charge is 0.376 e. The molecule has 0 spiro atoms. The van der Waals surface area contributed by atoms with E-state index in [9.17, 15) is 0 Å². The summed E-state index contributed by atoms with van der Waals surface area (Å²) < 4.78 is 10.8. The number of nitrogens with zero attached hydrogens (tertiary/aromatic N) is 5. The molecule has 0 N–H and O–H groups in total. The number of hydrogen-bond donors (Lipinski definition) is 0. The normalized spacial score (nSPS) is 22.0. The molecule has 2 aliphatic rings. The molecule has 1 saturated heterocycles. The lowest BCUT2D eigenvalue weighted by atomic mass is 10.2. The highest BCUT2D eigenvalue weighted by molar-refractivity contribution is 7.71. The first kappa shape index (κ1) is 15.9. The van der Waals surface area contributed by atoms with Gasteiger partial charge in [0.25, 0.3) is 0 Å². The van der Waals surface area contributed by atoms with Gasteiger partial charge in [0, 0.05) is 37.1 Å². The van der Waals surface area contributed by atoms with Gasteiger partial charge in [0.1, 0.15) is 0 Å². The van der Waals surface area contributed by atoms with Gasteiger partial charge < -0.3 is 4.74 Å². The van der Waals surface area contributed by atoms with Crippen LogP contribution in [0.15, 0.2) is 24.5 Å². The van der Waals surface area contributed by atoms with E-state index in [0.717, 1.165) is 48.9 Å². The second-order valence-corrected chi connectivity index (χ2v) is 6.93. The number of hydrogen-bond acceptors (Lipinski definition) is 5. The van der Waals surface area contributed by atoms with Crippen LogP contribution in [0.1, 0.15) is 32.2 Å². The third kappa shape index (κ3) is 3.16. The molecule has 6 nitrogen and oxygen atoms in total. The zero-order chi connectivity index (χ0) is 16.5. The van der Waals surface area contributed by atoms with Gasteiger partial charge in [-0.3, -0.25) is 14.5 Å². The van der Waals surface area contributed by atoms with Gasteiger partial charge in [-0.1, -0.05) is 6.92 Å². The maximum absolute atomic E-state index is 5.76. The van der Waals surface area contributed by atoms with Gasteiger partial charge in [0.2, 0.25) is 0 Å². The van der Waals surface area contributed by atoms with Gasteiger partial charge in [-0.25, -0.2) is 4.68 Å². The molecule has 128 valence electrons. The number of pyridine rings is 1. The Bertz CT molecular complexity index is 752. The zero-order valence-electron chi connectivity index (χ0n) is 14.0. The molecule has 1 unspecified atom stereocenters. The molecule has 7 heteroatoms. The average Bonchev–Trinajstić information content (AvgIpc) is 3.41. The van der Waals surface area contributed by atoms with Crippen molar-refractivity contribution in [3.8, 4) is 11.4 Å². The summed E-state index contributed by atoms with van der Waals surface area (Å²) >= 11 is 5.75. The molecule has 24 heavy (non-hydrogen) atoms. The van der Waals surface area contributed by atoms with Crippen molar-refractivity contribution in [1.29, 1.82) is 0 Å². The highest BCUT2D eigenvalue weighted by Gasteiger charge is 2.29. The molecule has 3 heterocycles. The van der Waals surface area contributed by atoms with Crippen molar-refractivity contribution >= 4 is 12.2 Å². The molecule has 4 rings (SSSR count). The van der Waals surface area contributed by atoms with Crippen LogP contribution in [-0.4, -0.2) is 50.0 Å². The minimum Gasteiger partial charge on any atom is -0.376 e. The number of ether oxygens (including phenoxy) is 1. The lowest BCUT2D eigenvalue weighted by molar-refractivity contribution is -0.0412. The Labute approximate surface area is 147 Å². The predicted molar refractivity (Wildman–Crippen MR) is 94.2 cm³/mol. The highest BCUT2D eigenvalue weighted by Crippen LogP contribution is 2.38. The SMILES string of the molecule is CCC1CN(Cn2nc(-c3ccncc3)n(C3CC3)c2=S)CCO1. The van der Waals surface area contributed by atoms with E-state index >= 15 is 0 Å². The summed E-state index contributed by atoms with van der Waals surface area (Å²) in [4.78, 5) is 6.49. The predicted octanol–water partition coefficient (Wildman–Crippen LogP) is 2.88. The van der Waals surface area contributed by atoms with Gasteiger partial charge in [-0.2, -0.15) is 5.10 Å². The lowest BCUT2D eigenvalue weighted by Crippen LogP contribution is -2.43. The molecule has 0 bridgehead atoms.